The number of thioether (sulfide) groups is 1. The average Bonchev–Trinajstić information content (AvgIpc) is 3.32. The number of benzene rings is 3. The number of carbonyl (C=O) groups excluding carboxylic acids is 1. The highest BCUT2D eigenvalue weighted by atomic mass is 32.2. The van der Waals surface area contributed by atoms with Crippen molar-refractivity contribution in [2.24, 2.45) is 5.10 Å². The van der Waals surface area contributed by atoms with Gasteiger partial charge in [-0.1, -0.05) is 71.9 Å². The highest BCUT2D eigenvalue weighted by Crippen LogP contribution is 2.28. The number of aromatic nitrogens is 3. The number of carboxylic acid groups (broad SMARTS) is 1. The van der Waals surface area contributed by atoms with E-state index in [0.717, 1.165) is 16.8 Å². The van der Waals surface area contributed by atoms with Crippen LogP contribution in [0.1, 0.15) is 11.1 Å². The van der Waals surface area contributed by atoms with Crippen LogP contribution in [0.5, 0.6) is 5.75 Å². The van der Waals surface area contributed by atoms with E-state index in [1.165, 1.54) is 18.0 Å². The van der Waals surface area contributed by atoms with Gasteiger partial charge in [0.25, 0.3) is 5.91 Å². The molecule has 0 radical (unpaired) electrons. The van der Waals surface area contributed by atoms with Crippen LogP contribution in [0.2, 0.25) is 0 Å². The fraction of sp³-hybridized carbons (Fsp3) is 0.115. The number of nitrogens with zero attached hydrogens (tertiary/aromatic N) is 4. The summed E-state index contributed by atoms with van der Waals surface area (Å²) in [6.07, 6.45) is 1.40. The topological polar surface area (TPSA) is 119 Å². The molecule has 0 aliphatic rings. The number of hydrogen-bond acceptors (Lipinski definition) is 7. The van der Waals surface area contributed by atoms with Crippen molar-refractivity contribution in [3.8, 4) is 22.8 Å². The SMILES string of the molecule is Cc1ccc(-n2c(SCC(=O)N/N=C/c3ccccc3OCC(=O)O)nnc2-c2ccccc2)cc1. The summed E-state index contributed by atoms with van der Waals surface area (Å²) in [4.78, 5) is 23.2. The molecule has 2 N–H and O–H groups in total. The van der Waals surface area contributed by atoms with Crippen molar-refractivity contribution in [2.75, 3.05) is 12.4 Å². The van der Waals surface area contributed by atoms with Gasteiger partial charge >= 0.3 is 5.97 Å². The second-order valence-corrected chi connectivity index (χ2v) is 8.59. The van der Waals surface area contributed by atoms with Crippen molar-refractivity contribution in [1.82, 2.24) is 20.2 Å². The molecule has 0 unspecified atom stereocenters. The van der Waals surface area contributed by atoms with Gasteiger partial charge in [0.1, 0.15) is 5.75 Å². The lowest BCUT2D eigenvalue weighted by molar-refractivity contribution is -0.139. The van der Waals surface area contributed by atoms with Gasteiger partial charge in [-0.25, -0.2) is 10.2 Å². The first-order chi connectivity index (χ1) is 17.5. The van der Waals surface area contributed by atoms with Crippen LogP contribution >= 0.6 is 11.8 Å². The number of nitrogens with one attached hydrogen (secondary N) is 1. The highest BCUT2D eigenvalue weighted by molar-refractivity contribution is 7.99. The highest BCUT2D eigenvalue weighted by Gasteiger charge is 2.17. The molecule has 4 aromatic rings. The van der Waals surface area contributed by atoms with Crippen LogP contribution in [-0.2, 0) is 9.59 Å². The monoisotopic (exact) mass is 501 g/mol. The van der Waals surface area contributed by atoms with Gasteiger partial charge in [0.05, 0.1) is 12.0 Å². The normalized spacial score (nSPS) is 10.9. The molecule has 10 heteroatoms. The molecule has 9 nitrogen and oxygen atoms in total. The van der Waals surface area contributed by atoms with Gasteiger partial charge in [-0.15, -0.1) is 10.2 Å². The van der Waals surface area contributed by atoms with Crippen LogP contribution < -0.4 is 10.2 Å². The van der Waals surface area contributed by atoms with Gasteiger partial charge in [-0.05, 0) is 31.2 Å². The lowest BCUT2D eigenvalue weighted by Crippen LogP contribution is -2.20. The van der Waals surface area contributed by atoms with Crippen molar-refractivity contribution in [2.45, 2.75) is 12.1 Å². The summed E-state index contributed by atoms with van der Waals surface area (Å²) in [7, 11) is 0. The fourth-order valence-corrected chi connectivity index (χ4v) is 4.00. The van der Waals surface area contributed by atoms with Crippen LogP contribution in [-0.4, -0.2) is 50.3 Å². The first kappa shape index (κ1) is 24.7. The summed E-state index contributed by atoms with van der Waals surface area (Å²) in [6, 6.07) is 24.5. The summed E-state index contributed by atoms with van der Waals surface area (Å²) >= 11 is 1.24. The molecule has 1 amide bonds. The standard InChI is InChI=1S/C26H23N5O4S/c1-18-11-13-21(14-12-18)31-25(19-7-3-2-4-8-19)29-30-26(31)36-17-23(32)28-27-15-20-9-5-6-10-22(20)35-16-24(33)34/h2-15H,16-17H2,1H3,(H,28,32)(H,33,34)/b27-15+. The summed E-state index contributed by atoms with van der Waals surface area (Å²) in [5, 5.41) is 22.1. The summed E-state index contributed by atoms with van der Waals surface area (Å²) in [5.41, 5.74) is 5.96. The predicted octanol–water partition coefficient (Wildman–Crippen LogP) is 3.95. The van der Waals surface area contributed by atoms with Crippen LogP contribution in [0, 0.1) is 6.92 Å². The van der Waals surface area contributed by atoms with Gasteiger partial charge in [0, 0.05) is 16.8 Å². The summed E-state index contributed by atoms with van der Waals surface area (Å²) < 4.78 is 7.16. The number of aryl methyl sites for hydroxylation is 1. The Balaban J connectivity index is 1.45. The van der Waals surface area contributed by atoms with E-state index in [0.29, 0.717) is 22.3 Å². The van der Waals surface area contributed by atoms with Crippen molar-refractivity contribution in [3.63, 3.8) is 0 Å². The molecule has 0 bridgehead atoms. The van der Waals surface area contributed by atoms with Crippen LogP contribution in [0.3, 0.4) is 0 Å². The zero-order chi connectivity index (χ0) is 25.3. The minimum Gasteiger partial charge on any atom is -0.481 e. The third kappa shape index (κ3) is 6.36. The van der Waals surface area contributed by atoms with E-state index in [4.69, 9.17) is 9.84 Å². The van der Waals surface area contributed by atoms with E-state index in [9.17, 15) is 9.59 Å². The quantitative estimate of drug-likeness (QED) is 0.192. The third-order valence-corrected chi connectivity index (χ3v) is 5.88. The number of para-hydroxylation sites is 1. The van der Waals surface area contributed by atoms with Crippen LogP contribution in [0.25, 0.3) is 17.1 Å². The maximum atomic E-state index is 12.5. The molecule has 0 saturated carbocycles. The Bertz CT molecular complexity index is 1370. The molecule has 36 heavy (non-hydrogen) atoms. The molecular weight excluding hydrogens is 478 g/mol. The average molecular weight is 502 g/mol. The Labute approximate surface area is 211 Å². The van der Waals surface area contributed by atoms with Crippen molar-refractivity contribution in [3.05, 3.63) is 90.0 Å². The lowest BCUT2D eigenvalue weighted by atomic mass is 10.2. The lowest BCUT2D eigenvalue weighted by Gasteiger charge is -2.10. The summed E-state index contributed by atoms with van der Waals surface area (Å²) in [6.45, 7) is 1.55. The largest absolute Gasteiger partial charge is 0.481 e. The number of carboxylic acids is 1. The minimum atomic E-state index is -1.08. The third-order valence-electron chi connectivity index (χ3n) is 4.95. The zero-order valence-corrected chi connectivity index (χ0v) is 20.2. The number of hydrogen-bond donors (Lipinski definition) is 2. The van der Waals surface area contributed by atoms with Gasteiger partial charge in [-0.3, -0.25) is 9.36 Å². The number of ether oxygens (including phenoxy) is 1. The molecule has 0 spiro atoms. The molecule has 3 aromatic carbocycles. The molecule has 4 rings (SSSR count). The van der Waals surface area contributed by atoms with Gasteiger partial charge < -0.3 is 9.84 Å². The minimum absolute atomic E-state index is 0.0628. The zero-order valence-electron chi connectivity index (χ0n) is 19.4. The van der Waals surface area contributed by atoms with Gasteiger partial charge in [-0.2, -0.15) is 5.10 Å². The number of aliphatic carboxylic acids is 1. The maximum absolute atomic E-state index is 12.5. The Hall–Kier alpha value is -4.44. The second-order valence-electron chi connectivity index (χ2n) is 7.65. The molecule has 1 aromatic heterocycles. The molecule has 1 heterocycles. The molecular formula is C26H23N5O4S. The maximum Gasteiger partial charge on any atom is 0.341 e. The van der Waals surface area contributed by atoms with E-state index >= 15 is 0 Å². The first-order valence-corrected chi connectivity index (χ1v) is 12.0. The van der Waals surface area contributed by atoms with Gasteiger partial charge in [0.2, 0.25) is 0 Å². The first-order valence-electron chi connectivity index (χ1n) is 11.0. The Morgan fingerprint density at radius 1 is 1.03 bits per heavy atom. The van der Waals surface area contributed by atoms with Crippen molar-refractivity contribution in [1.29, 1.82) is 0 Å². The smallest absolute Gasteiger partial charge is 0.341 e. The van der Waals surface area contributed by atoms with Crippen LogP contribution in [0.4, 0.5) is 0 Å². The second kappa shape index (κ2) is 11.8. The molecule has 182 valence electrons. The molecule has 0 aliphatic carbocycles. The molecule has 0 atom stereocenters. The predicted molar refractivity (Wildman–Crippen MR) is 138 cm³/mol. The Morgan fingerprint density at radius 3 is 2.50 bits per heavy atom. The van der Waals surface area contributed by atoms with E-state index < -0.39 is 12.6 Å². The number of amides is 1. The van der Waals surface area contributed by atoms with E-state index in [1.807, 2.05) is 66.1 Å². The number of hydrazone groups is 1. The van der Waals surface area contributed by atoms with Crippen molar-refractivity contribution < 1.29 is 19.4 Å². The Morgan fingerprint density at radius 2 is 1.75 bits per heavy atom. The van der Waals surface area contributed by atoms with Gasteiger partial charge in [0.15, 0.2) is 17.6 Å². The summed E-state index contributed by atoms with van der Waals surface area (Å²) in [5.74, 6) is -0.320. The Kier molecular flexibility index (Phi) is 8.09. The van der Waals surface area contributed by atoms with E-state index in [2.05, 4.69) is 20.7 Å². The molecule has 0 aliphatic heterocycles. The van der Waals surface area contributed by atoms with E-state index in [-0.39, 0.29) is 11.7 Å². The van der Waals surface area contributed by atoms with E-state index in [1.54, 1.807) is 24.3 Å². The number of carbonyl (C=O) groups is 2. The fourth-order valence-electron chi connectivity index (χ4n) is 3.26. The van der Waals surface area contributed by atoms with Crippen molar-refractivity contribution >= 4 is 29.9 Å². The number of rotatable bonds is 10. The molecule has 0 saturated heterocycles. The molecule has 0 fully saturated rings. The van der Waals surface area contributed by atoms with Crippen LogP contribution in [0.15, 0.2) is 89.1 Å².